The van der Waals surface area contributed by atoms with Gasteiger partial charge in [-0.1, -0.05) is 25.7 Å². The number of fused-ring (bicyclic) bond motifs is 1. The lowest BCUT2D eigenvalue weighted by Crippen LogP contribution is -2.31. The van der Waals surface area contributed by atoms with Crippen molar-refractivity contribution in [3.05, 3.63) is 0 Å². The number of nitrogens with two attached hydrogens (primary N) is 1. The van der Waals surface area contributed by atoms with E-state index < -0.39 is 6.09 Å². The number of hydrogen-bond donors (Lipinski definition) is 1. The largest absolute Gasteiger partial charge is 0.443 e. The predicted molar refractivity (Wildman–Crippen MR) is 53.8 cm³/mol. The third-order valence-corrected chi connectivity index (χ3v) is 3.80. The Morgan fingerprint density at radius 3 is 2.21 bits per heavy atom. The average Bonchev–Trinajstić information content (AvgIpc) is 2.38. The first kappa shape index (κ1) is 9.81. The standard InChI is InChI=1S/C11H19NO2/c1-11(14-10(12)13)6-8-4-2-3-5-9(8)7-11/h8-9H,2-7H2,1H3,(H2,12,13). The Hall–Kier alpha value is -0.730. The molecule has 0 saturated heterocycles. The number of amides is 1. The summed E-state index contributed by atoms with van der Waals surface area (Å²) in [6.45, 7) is 2.02. The van der Waals surface area contributed by atoms with E-state index in [9.17, 15) is 4.79 Å². The van der Waals surface area contributed by atoms with Crippen LogP contribution in [-0.4, -0.2) is 11.7 Å². The van der Waals surface area contributed by atoms with E-state index in [1.165, 1.54) is 25.7 Å². The molecule has 0 aliphatic heterocycles. The van der Waals surface area contributed by atoms with Crippen molar-refractivity contribution in [2.75, 3.05) is 0 Å². The van der Waals surface area contributed by atoms with Gasteiger partial charge in [0.15, 0.2) is 0 Å². The number of carbonyl (C=O) groups excluding carboxylic acids is 1. The Labute approximate surface area is 85.0 Å². The number of rotatable bonds is 1. The van der Waals surface area contributed by atoms with Crippen LogP contribution in [0.15, 0.2) is 0 Å². The van der Waals surface area contributed by atoms with E-state index in [1.807, 2.05) is 6.92 Å². The van der Waals surface area contributed by atoms with Gasteiger partial charge < -0.3 is 10.5 Å². The summed E-state index contributed by atoms with van der Waals surface area (Å²) in [6, 6.07) is 0. The molecule has 2 rings (SSSR count). The molecule has 0 aromatic rings. The third kappa shape index (κ3) is 1.86. The molecule has 3 heteroatoms. The number of carbonyl (C=O) groups is 1. The summed E-state index contributed by atoms with van der Waals surface area (Å²) in [5, 5.41) is 0. The fourth-order valence-corrected chi connectivity index (χ4v) is 3.34. The van der Waals surface area contributed by atoms with Gasteiger partial charge in [0.2, 0.25) is 0 Å². The van der Waals surface area contributed by atoms with Crippen LogP contribution in [0.5, 0.6) is 0 Å². The molecule has 2 saturated carbocycles. The van der Waals surface area contributed by atoms with Crippen molar-refractivity contribution in [2.24, 2.45) is 17.6 Å². The summed E-state index contributed by atoms with van der Waals surface area (Å²) in [5.41, 5.74) is 4.81. The minimum absolute atomic E-state index is 0.272. The molecule has 3 nitrogen and oxygen atoms in total. The number of hydrogen-bond acceptors (Lipinski definition) is 2. The molecular weight excluding hydrogens is 178 g/mol. The molecule has 1 amide bonds. The second-order valence-electron chi connectivity index (χ2n) is 5.08. The zero-order valence-corrected chi connectivity index (χ0v) is 8.79. The first-order chi connectivity index (χ1) is 6.59. The summed E-state index contributed by atoms with van der Waals surface area (Å²) in [6.07, 6.45) is 6.71. The van der Waals surface area contributed by atoms with Crippen molar-refractivity contribution >= 4 is 6.09 Å². The SMILES string of the molecule is CC1(OC(N)=O)CC2CCCCC2C1. The highest BCUT2D eigenvalue weighted by Gasteiger charge is 2.45. The summed E-state index contributed by atoms with van der Waals surface area (Å²) in [5.74, 6) is 1.54. The molecule has 0 aromatic heterocycles. The molecular formula is C11H19NO2. The van der Waals surface area contributed by atoms with Crippen molar-refractivity contribution in [2.45, 2.75) is 51.0 Å². The molecule has 0 bridgehead atoms. The molecule has 0 radical (unpaired) electrons. The number of ether oxygens (including phenoxy) is 1. The van der Waals surface area contributed by atoms with Gasteiger partial charge in [0.1, 0.15) is 5.60 Å². The maximum atomic E-state index is 10.8. The second kappa shape index (κ2) is 3.44. The van der Waals surface area contributed by atoms with Crippen LogP contribution in [0.4, 0.5) is 4.79 Å². The van der Waals surface area contributed by atoms with Gasteiger partial charge in [-0.25, -0.2) is 4.79 Å². The van der Waals surface area contributed by atoms with E-state index in [1.54, 1.807) is 0 Å². The molecule has 0 spiro atoms. The molecule has 2 fully saturated rings. The lowest BCUT2D eigenvalue weighted by Gasteiger charge is -2.23. The van der Waals surface area contributed by atoms with Crippen molar-refractivity contribution in [3.8, 4) is 0 Å². The summed E-state index contributed by atoms with van der Waals surface area (Å²) in [4.78, 5) is 10.8. The molecule has 2 aliphatic carbocycles. The zero-order valence-electron chi connectivity index (χ0n) is 8.79. The van der Waals surface area contributed by atoms with Crippen LogP contribution in [0.25, 0.3) is 0 Å². The van der Waals surface area contributed by atoms with Gasteiger partial charge in [-0.3, -0.25) is 0 Å². The fourth-order valence-electron chi connectivity index (χ4n) is 3.34. The Kier molecular flexibility index (Phi) is 2.41. The normalized spacial score (nSPS) is 41.8. The Morgan fingerprint density at radius 2 is 1.79 bits per heavy atom. The van der Waals surface area contributed by atoms with E-state index in [4.69, 9.17) is 10.5 Å². The maximum absolute atomic E-state index is 10.8. The third-order valence-electron chi connectivity index (χ3n) is 3.80. The minimum Gasteiger partial charge on any atom is -0.443 e. The van der Waals surface area contributed by atoms with E-state index >= 15 is 0 Å². The van der Waals surface area contributed by atoms with Gasteiger partial charge in [-0.15, -0.1) is 0 Å². The molecule has 0 aromatic carbocycles. The van der Waals surface area contributed by atoms with Crippen molar-refractivity contribution in [1.29, 1.82) is 0 Å². The highest BCUT2D eigenvalue weighted by molar-refractivity contribution is 5.65. The summed E-state index contributed by atoms with van der Waals surface area (Å²) < 4.78 is 5.23. The fraction of sp³-hybridized carbons (Fsp3) is 0.909. The van der Waals surface area contributed by atoms with Crippen LogP contribution >= 0.6 is 0 Å². The van der Waals surface area contributed by atoms with Crippen LogP contribution in [0.1, 0.15) is 45.4 Å². The van der Waals surface area contributed by atoms with E-state index in [0.717, 1.165) is 24.7 Å². The first-order valence-corrected chi connectivity index (χ1v) is 5.57. The van der Waals surface area contributed by atoms with Crippen LogP contribution < -0.4 is 5.73 Å². The van der Waals surface area contributed by atoms with E-state index in [-0.39, 0.29) is 5.60 Å². The van der Waals surface area contributed by atoms with Crippen LogP contribution in [0.3, 0.4) is 0 Å². The van der Waals surface area contributed by atoms with Gasteiger partial charge in [0.25, 0.3) is 0 Å². The summed E-state index contributed by atoms with van der Waals surface area (Å²) in [7, 11) is 0. The first-order valence-electron chi connectivity index (χ1n) is 5.57. The number of primary amides is 1. The van der Waals surface area contributed by atoms with Gasteiger partial charge >= 0.3 is 6.09 Å². The minimum atomic E-state index is -0.619. The van der Waals surface area contributed by atoms with Crippen LogP contribution in [-0.2, 0) is 4.74 Å². The van der Waals surface area contributed by atoms with Crippen LogP contribution in [0, 0.1) is 11.8 Å². The van der Waals surface area contributed by atoms with Crippen molar-refractivity contribution < 1.29 is 9.53 Å². The molecule has 2 aliphatic rings. The van der Waals surface area contributed by atoms with Gasteiger partial charge in [0.05, 0.1) is 0 Å². The van der Waals surface area contributed by atoms with E-state index in [2.05, 4.69) is 0 Å². The predicted octanol–water partition coefficient (Wildman–Crippen LogP) is 2.44. The molecule has 2 N–H and O–H groups in total. The topological polar surface area (TPSA) is 52.3 Å². The van der Waals surface area contributed by atoms with Gasteiger partial charge in [-0.05, 0) is 31.6 Å². The lowest BCUT2D eigenvalue weighted by atomic mass is 9.82. The molecule has 2 atom stereocenters. The van der Waals surface area contributed by atoms with Gasteiger partial charge in [0, 0.05) is 0 Å². The van der Waals surface area contributed by atoms with E-state index in [0.29, 0.717) is 0 Å². The Bertz CT molecular complexity index is 225. The van der Waals surface area contributed by atoms with Crippen molar-refractivity contribution in [1.82, 2.24) is 0 Å². The van der Waals surface area contributed by atoms with Crippen molar-refractivity contribution in [3.63, 3.8) is 0 Å². The lowest BCUT2D eigenvalue weighted by molar-refractivity contribution is 0.0319. The molecule has 0 heterocycles. The van der Waals surface area contributed by atoms with Gasteiger partial charge in [-0.2, -0.15) is 0 Å². The molecule has 2 unspecified atom stereocenters. The summed E-state index contributed by atoms with van der Waals surface area (Å²) >= 11 is 0. The average molecular weight is 197 g/mol. The Balaban J connectivity index is 2.00. The molecule has 14 heavy (non-hydrogen) atoms. The highest BCUT2D eigenvalue weighted by atomic mass is 16.6. The van der Waals surface area contributed by atoms with Crippen LogP contribution in [0.2, 0.25) is 0 Å². The monoisotopic (exact) mass is 197 g/mol. The molecule has 80 valence electrons. The Morgan fingerprint density at radius 1 is 1.29 bits per heavy atom. The zero-order chi connectivity index (χ0) is 10.2. The maximum Gasteiger partial charge on any atom is 0.405 e. The quantitative estimate of drug-likeness (QED) is 0.702. The highest BCUT2D eigenvalue weighted by Crippen LogP contribution is 2.48. The second-order valence-corrected chi connectivity index (χ2v) is 5.08. The smallest absolute Gasteiger partial charge is 0.405 e.